The number of carbonyl (C=O) groups excluding carboxylic acids is 1. The van der Waals surface area contributed by atoms with Crippen LogP contribution in [0.3, 0.4) is 0 Å². The number of ether oxygens (including phenoxy) is 3. The Kier molecular flexibility index (Phi) is 11.1. The molecule has 2 aromatic heterocycles. The van der Waals surface area contributed by atoms with Crippen LogP contribution in [0.15, 0.2) is 86.2 Å². The lowest BCUT2D eigenvalue weighted by atomic mass is 9.73. The van der Waals surface area contributed by atoms with Crippen molar-refractivity contribution < 1.29 is 24.1 Å². The second kappa shape index (κ2) is 15.8. The molecule has 10 atom stereocenters. The third-order valence-electron chi connectivity index (χ3n) is 12.5. The second-order valence-electron chi connectivity index (χ2n) is 16.6. The van der Waals surface area contributed by atoms with E-state index < -0.39 is 11.5 Å². The zero-order chi connectivity index (χ0) is 38.1. The summed E-state index contributed by atoms with van der Waals surface area (Å²) < 4.78 is 17.1. The summed E-state index contributed by atoms with van der Waals surface area (Å²) in [7, 11) is 3.32. The minimum Gasteiger partial charge on any atom is -0.497 e. The smallest absolute Gasteiger partial charge is 0.311 e. The number of esters is 1. The van der Waals surface area contributed by atoms with Crippen LogP contribution in [0.5, 0.6) is 11.5 Å². The van der Waals surface area contributed by atoms with Crippen molar-refractivity contribution in [3.05, 3.63) is 97.4 Å². The number of pyridine rings is 2. The van der Waals surface area contributed by atoms with Crippen molar-refractivity contribution in [1.29, 1.82) is 0 Å². The first-order valence-corrected chi connectivity index (χ1v) is 19.5. The Labute approximate surface area is 320 Å². The Hall–Kier alpha value is -4.31. The molecule has 4 bridgehead atoms. The van der Waals surface area contributed by atoms with E-state index in [-0.39, 0.29) is 24.2 Å². The summed E-state index contributed by atoms with van der Waals surface area (Å²) in [5.41, 5.74) is 3.17. The van der Waals surface area contributed by atoms with Gasteiger partial charge in [-0.3, -0.25) is 24.6 Å². The van der Waals surface area contributed by atoms with E-state index in [0.717, 1.165) is 83.5 Å². The van der Waals surface area contributed by atoms with E-state index in [2.05, 4.69) is 45.1 Å². The average molecular weight is 733 g/mol. The maximum Gasteiger partial charge on any atom is 0.311 e. The Balaban J connectivity index is 0.000000171. The van der Waals surface area contributed by atoms with Crippen molar-refractivity contribution in [2.24, 2.45) is 29.1 Å². The van der Waals surface area contributed by atoms with Crippen molar-refractivity contribution in [2.45, 2.75) is 70.7 Å². The molecule has 6 aliphatic rings. The van der Waals surface area contributed by atoms with E-state index in [1.165, 1.54) is 12.8 Å². The number of rotatable bonds is 9. The Bertz CT molecular complexity index is 1990. The van der Waals surface area contributed by atoms with Crippen molar-refractivity contribution >= 4 is 27.8 Å². The van der Waals surface area contributed by atoms with Crippen LogP contribution in [-0.2, 0) is 9.53 Å². The molecule has 0 radical (unpaired) electrons. The molecular weight excluding hydrogens is 677 g/mol. The molecule has 286 valence electrons. The molecule has 8 heterocycles. The minimum absolute atomic E-state index is 0.156. The predicted molar refractivity (Wildman–Crippen MR) is 213 cm³/mol. The third-order valence-corrected chi connectivity index (χ3v) is 12.5. The standard InChI is InChI=1S/C25H32N2O3.C20H24N2O2/c1-6-16-15-27-12-10-17(16)13-22(27)23(30-24(28)25(2,3)4)19-9-11-26-21-8-7-18(29-5)14-20(19)21;1-3-13-12-22-9-7-14(13)10-19(22)20(23)16-6-8-21-18-5-4-15(24-2)11-17(16)18/h6-9,11,14,16-17,22-23H,1,10,12-13,15H2,2-5H3;3-6,8,11,13-14,19-20,23H,1,7,9-10,12H2,2H3/t16?,17?,22?,23-;13?,14?,19?,20-/m00/s1. The van der Waals surface area contributed by atoms with Gasteiger partial charge in [-0.15, -0.1) is 13.2 Å². The number of aliphatic hydroxyl groups is 1. The molecule has 0 amide bonds. The SMILES string of the molecule is C=CC1CN2CCC1CC2[C@@H](O)c1ccnc2ccc(OC)cc12.C=CC1CN2CCC1CC2[C@@H](OC(=O)C(C)(C)C)c1ccnc2ccc(OC)cc12. The van der Waals surface area contributed by atoms with Crippen molar-refractivity contribution in [3.8, 4) is 11.5 Å². The highest BCUT2D eigenvalue weighted by molar-refractivity contribution is 5.85. The molecule has 1 N–H and O–H groups in total. The van der Waals surface area contributed by atoms with Gasteiger partial charge in [0.2, 0.25) is 0 Å². The summed E-state index contributed by atoms with van der Waals surface area (Å²) >= 11 is 0. The minimum atomic E-state index is -0.564. The monoisotopic (exact) mass is 732 g/mol. The average Bonchev–Trinajstić information content (AvgIpc) is 3.21. The fraction of sp³-hybridized carbons (Fsp3) is 0.489. The summed E-state index contributed by atoms with van der Waals surface area (Å²) in [6.07, 6.45) is 11.4. The molecule has 0 saturated carbocycles. The fourth-order valence-electron chi connectivity index (χ4n) is 9.30. The van der Waals surface area contributed by atoms with Gasteiger partial charge in [0.05, 0.1) is 42.8 Å². The molecule has 8 unspecified atom stereocenters. The highest BCUT2D eigenvalue weighted by Gasteiger charge is 2.45. The second-order valence-corrected chi connectivity index (χ2v) is 16.6. The third kappa shape index (κ3) is 7.51. The number of fused-ring (bicyclic) bond motifs is 8. The number of carbonyl (C=O) groups is 1. The number of hydrogen-bond donors (Lipinski definition) is 1. The van der Waals surface area contributed by atoms with Crippen LogP contribution in [-0.4, -0.2) is 83.3 Å². The predicted octanol–water partition coefficient (Wildman–Crippen LogP) is 7.94. The normalized spacial score (nSPS) is 28.4. The first kappa shape index (κ1) is 38.0. The lowest BCUT2D eigenvalue weighted by Crippen LogP contribution is -2.55. The number of aliphatic hydroxyl groups excluding tert-OH is 1. The van der Waals surface area contributed by atoms with E-state index in [1.54, 1.807) is 20.4 Å². The molecule has 54 heavy (non-hydrogen) atoms. The van der Waals surface area contributed by atoms with Gasteiger partial charge in [-0.2, -0.15) is 0 Å². The van der Waals surface area contributed by atoms with E-state index >= 15 is 0 Å². The number of aromatic nitrogens is 2. The van der Waals surface area contributed by atoms with Gasteiger partial charge in [-0.1, -0.05) is 12.2 Å². The Morgan fingerprint density at radius 3 is 1.76 bits per heavy atom. The topological polar surface area (TPSA) is 97.2 Å². The largest absolute Gasteiger partial charge is 0.497 e. The van der Waals surface area contributed by atoms with Gasteiger partial charge in [0.1, 0.15) is 17.6 Å². The summed E-state index contributed by atoms with van der Waals surface area (Å²) in [6, 6.07) is 16.0. The van der Waals surface area contributed by atoms with Crippen molar-refractivity contribution in [1.82, 2.24) is 19.8 Å². The molecule has 2 aromatic carbocycles. The zero-order valence-electron chi connectivity index (χ0n) is 32.5. The van der Waals surface area contributed by atoms with Crippen LogP contribution in [0.2, 0.25) is 0 Å². The fourth-order valence-corrected chi connectivity index (χ4v) is 9.30. The van der Waals surface area contributed by atoms with Crippen molar-refractivity contribution in [3.63, 3.8) is 0 Å². The van der Waals surface area contributed by atoms with Gasteiger partial charge in [-0.05, 0) is 137 Å². The number of piperidine rings is 6. The van der Waals surface area contributed by atoms with Gasteiger partial charge in [0.15, 0.2) is 0 Å². The highest BCUT2D eigenvalue weighted by atomic mass is 16.5. The van der Waals surface area contributed by atoms with E-state index in [9.17, 15) is 9.90 Å². The highest BCUT2D eigenvalue weighted by Crippen LogP contribution is 2.45. The van der Waals surface area contributed by atoms with Crippen LogP contribution >= 0.6 is 0 Å². The number of nitrogens with zero attached hydrogens (tertiary/aromatic N) is 4. The molecule has 0 spiro atoms. The summed E-state index contributed by atoms with van der Waals surface area (Å²) in [4.78, 5) is 26.8. The number of benzene rings is 2. The summed E-state index contributed by atoms with van der Waals surface area (Å²) in [5.74, 6) is 3.71. The van der Waals surface area contributed by atoms with Gasteiger partial charge in [-0.25, -0.2) is 0 Å². The molecule has 6 aliphatic heterocycles. The lowest BCUT2D eigenvalue weighted by molar-refractivity contribution is -0.166. The molecule has 0 aliphatic carbocycles. The Morgan fingerprint density at radius 2 is 1.30 bits per heavy atom. The zero-order valence-corrected chi connectivity index (χ0v) is 32.5. The number of hydrogen-bond acceptors (Lipinski definition) is 9. The van der Waals surface area contributed by atoms with Crippen LogP contribution < -0.4 is 9.47 Å². The summed E-state index contributed by atoms with van der Waals surface area (Å²) in [5, 5.41) is 13.1. The molecule has 4 aromatic rings. The first-order valence-electron chi connectivity index (χ1n) is 19.5. The van der Waals surface area contributed by atoms with Crippen LogP contribution in [0, 0.1) is 29.1 Å². The van der Waals surface area contributed by atoms with E-state index in [0.29, 0.717) is 23.7 Å². The van der Waals surface area contributed by atoms with Crippen LogP contribution in [0.4, 0.5) is 0 Å². The van der Waals surface area contributed by atoms with Gasteiger partial charge in [0.25, 0.3) is 0 Å². The van der Waals surface area contributed by atoms with Gasteiger partial charge < -0.3 is 19.3 Å². The van der Waals surface area contributed by atoms with Gasteiger partial charge in [0, 0.05) is 47.9 Å². The number of methoxy groups -OCH3 is 2. The lowest BCUT2D eigenvalue weighted by Gasteiger charge is -2.51. The molecule has 6 fully saturated rings. The van der Waals surface area contributed by atoms with Crippen molar-refractivity contribution in [2.75, 3.05) is 40.4 Å². The molecule has 10 rings (SSSR count). The molecule has 9 nitrogen and oxygen atoms in total. The maximum atomic E-state index is 13.0. The Morgan fingerprint density at radius 1 is 0.796 bits per heavy atom. The van der Waals surface area contributed by atoms with E-state index in [4.69, 9.17) is 14.2 Å². The van der Waals surface area contributed by atoms with E-state index in [1.807, 2.05) is 75.5 Å². The van der Waals surface area contributed by atoms with Gasteiger partial charge >= 0.3 is 5.97 Å². The van der Waals surface area contributed by atoms with Crippen LogP contribution in [0.25, 0.3) is 21.8 Å². The maximum absolute atomic E-state index is 13.0. The van der Waals surface area contributed by atoms with Crippen LogP contribution in [0.1, 0.15) is 69.8 Å². The first-order chi connectivity index (χ1) is 26.0. The summed E-state index contributed by atoms with van der Waals surface area (Å²) in [6.45, 7) is 17.8. The molecular formula is C45H56N4O5. The quantitative estimate of drug-likeness (QED) is 0.136. The molecule has 6 saturated heterocycles. The molecule has 9 heteroatoms.